The minimum atomic E-state index is -1.00. The van der Waals surface area contributed by atoms with Crippen molar-refractivity contribution in [2.24, 2.45) is 0 Å². The number of urea groups is 1. The van der Waals surface area contributed by atoms with E-state index in [1.165, 1.54) is 23.3 Å². The molecule has 1 N–H and O–H groups in total. The SMILES string of the molecule is CCOC(=O)c1ccc(NC(=O)C[C@H]2C(=O)N(c3ccccc3)C(=O)N2Cc2ccco2)cc1. The van der Waals surface area contributed by atoms with Crippen LogP contribution in [0.2, 0.25) is 0 Å². The number of benzene rings is 2. The van der Waals surface area contributed by atoms with Gasteiger partial charge in [0.15, 0.2) is 0 Å². The van der Waals surface area contributed by atoms with Gasteiger partial charge in [0.25, 0.3) is 5.91 Å². The van der Waals surface area contributed by atoms with Gasteiger partial charge in [-0.15, -0.1) is 0 Å². The molecule has 0 unspecified atom stereocenters. The van der Waals surface area contributed by atoms with E-state index in [4.69, 9.17) is 9.15 Å². The van der Waals surface area contributed by atoms with Gasteiger partial charge >= 0.3 is 12.0 Å². The Morgan fingerprint density at radius 1 is 1.00 bits per heavy atom. The molecule has 9 heteroatoms. The summed E-state index contributed by atoms with van der Waals surface area (Å²) in [4.78, 5) is 53.4. The highest BCUT2D eigenvalue weighted by atomic mass is 16.5. The number of ether oxygens (including phenoxy) is 1. The fourth-order valence-corrected chi connectivity index (χ4v) is 3.69. The second kappa shape index (κ2) is 10.0. The standard InChI is InChI=1S/C25H23N3O6/c1-2-33-24(31)17-10-12-18(13-11-17)26-22(29)15-21-23(30)28(19-7-4-3-5-8-19)25(32)27(21)16-20-9-6-14-34-20/h3-14,21H,2,15-16H2,1H3,(H,26,29)/t21-/m0/s1. The van der Waals surface area contributed by atoms with Gasteiger partial charge in [-0.05, 0) is 55.5 Å². The van der Waals surface area contributed by atoms with Crippen LogP contribution < -0.4 is 10.2 Å². The molecule has 34 heavy (non-hydrogen) atoms. The van der Waals surface area contributed by atoms with Gasteiger partial charge in [-0.3, -0.25) is 9.59 Å². The quantitative estimate of drug-likeness (QED) is 0.403. The van der Waals surface area contributed by atoms with Crippen molar-refractivity contribution < 1.29 is 28.3 Å². The number of esters is 1. The lowest BCUT2D eigenvalue weighted by atomic mass is 10.1. The highest BCUT2D eigenvalue weighted by Crippen LogP contribution is 2.28. The van der Waals surface area contributed by atoms with Gasteiger partial charge in [0.1, 0.15) is 11.8 Å². The maximum atomic E-state index is 13.2. The molecule has 1 aliphatic rings. The van der Waals surface area contributed by atoms with Gasteiger partial charge in [0.05, 0.1) is 37.1 Å². The highest BCUT2D eigenvalue weighted by molar-refractivity contribution is 6.22. The molecule has 4 rings (SSSR count). The van der Waals surface area contributed by atoms with E-state index in [0.29, 0.717) is 22.7 Å². The van der Waals surface area contributed by atoms with Crippen molar-refractivity contribution in [3.8, 4) is 0 Å². The summed E-state index contributed by atoms with van der Waals surface area (Å²) >= 11 is 0. The number of nitrogens with zero attached hydrogens (tertiary/aromatic N) is 2. The first kappa shape index (κ1) is 22.8. The van der Waals surface area contributed by atoms with E-state index in [-0.39, 0.29) is 19.6 Å². The number of para-hydroxylation sites is 1. The van der Waals surface area contributed by atoms with Crippen molar-refractivity contribution in [3.63, 3.8) is 0 Å². The second-order valence-corrected chi connectivity index (χ2v) is 7.56. The second-order valence-electron chi connectivity index (χ2n) is 7.56. The van der Waals surface area contributed by atoms with Gasteiger partial charge < -0.3 is 19.4 Å². The molecule has 1 aliphatic heterocycles. The third-order valence-electron chi connectivity index (χ3n) is 5.30. The maximum Gasteiger partial charge on any atom is 0.338 e. The van der Waals surface area contributed by atoms with Crippen LogP contribution in [0.3, 0.4) is 0 Å². The molecular weight excluding hydrogens is 438 g/mol. The van der Waals surface area contributed by atoms with Gasteiger partial charge in [-0.2, -0.15) is 0 Å². The molecular formula is C25H23N3O6. The van der Waals surface area contributed by atoms with E-state index in [0.717, 1.165) is 4.90 Å². The Balaban J connectivity index is 1.50. The lowest BCUT2D eigenvalue weighted by molar-refractivity contribution is -0.124. The van der Waals surface area contributed by atoms with E-state index >= 15 is 0 Å². The third-order valence-corrected chi connectivity index (χ3v) is 5.30. The van der Waals surface area contributed by atoms with Crippen LogP contribution in [0.1, 0.15) is 29.5 Å². The molecule has 0 aliphatic carbocycles. The first-order valence-electron chi connectivity index (χ1n) is 10.8. The largest absolute Gasteiger partial charge is 0.467 e. The zero-order valence-corrected chi connectivity index (χ0v) is 18.5. The molecule has 3 aromatic rings. The molecule has 2 aromatic carbocycles. The van der Waals surface area contributed by atoms with Crippen LogP contribution in [0.5, 0.6) is 0 Å². The van der Waals surface area contributed by atoms with Gasteiger partial charge in [0, 0.05) is 5.69 Å². The van der Waals surface area contributed by atoms with E-state index in [9.17, 15) is 19.2 Å². The summed E-state index contributed by atoms with van der Waals surface area (Å²) in [6.45, 7) is 2.03. The Morgan fingerprint density at radius 3 is 2.38 bits per heavy atom. The summed E-state index contributed by atoms with van der Waals surface area (Å²) < 4.78 is 10.3. The number of amides is 4. The van der Waals surface area contributed by atoms with Crippen molar-refractivity contribution >= 4 is 35.2 Å². The summed E-state index contributed by atoms with van der Waals surface area (Å²) in [6, 6.07) is 16.7. The summed E-state index contributed by atoms with van der Waals surface area (Å²) in [7, 11) is 0. The zero-order valence-electron chi connectivity index (χ0n) is 18.5. The summed E-state index contributed by atoms with van der Waals surface area (Å²) in [5.41, 5.74) is 1.24. The van der Waals surface area contributed by atoms with E-state index in [1.54, 1.807) is 61.5 Å². The summed E-state index contributed by atoms with van der Waals surface area (Å²) in [5.74, 6) is -0.897. The number of carbonyl (C=O) groups excluding carboxylic acids is 4. The molecule has 9 nitrogen and oxygen atoms in total. The van der Waals surface area contributed by atoms with Crippen LogP contribution >= 0.6 is 0 Å². The molecule has 1 atom stereocenters. The normalized spacial score (nSPS) is 15.5. The molecule has 1 fully saturated rings. The summed E-state index contributed by atoms with van der Waals surface area (Å²) in [6.07, 6.45) is 1.24. The van der Waals surface area contributed by atoms with Crippen LogP contribution in [0, 0.1) is 0 Å². The number of carbonyl (C=O) groups is 4. The third kappa shape index (κ3) is 4.83. The molecule has 2 heterocycles. The Morgan fingerprint density at radius 2 is 1.74 bits per heavy atom. The smallest absolute Gasteiger partial charge is 0.338 e. The van der Waals surface area contributed by atoms with Gasteiger partial charge in [0.2, 0.25) is 5.91 Å². The van der Waals surface area contributed by atoms with Crippen LogP contribution in [-0.4, -0.2) is 41.4 Å². The Hall–Kier alpha value is -4.40. The van der Waals surface area contributed by atoms with Crippen molar-refractivity contribution in [1.82, 2.24) is 4.90 Å². The van der Waals surface area contributed by atoms with Crippen molar-refractivity contribution in [3.05, 3.63) is 84.3 Å². The van der Waals surface area contributed by atoms with Crippen molar-refractivity contribution in [2.45, 2.75) is 25.9 Å². The van der Waals surface area contributed by atoms with Crippen LogP contribution in [0.25, 0.3) is 0 Å². The number of nitrogens with one attached hydrogen (secondary N) is 1. The van der Waals surface area contributed by atoms with Crippen LogP contribution in [0.15, 0.2) is 77.4 Å². The molecule has 1 aromatic heterocycles. The lowest BCUT2D eigenvalue weighted by Gasteiger charge is -2.20. The molecule has 0 radical (unpaired) electrons. The molecule has 0 saturated carbocycles. The van der Waals surface area contributed by atoms with Crippen LogP contribution in [0.4, 0.5) is 16.2 Å². The van der Waals surface area contributed by atoms with Crippen molar-refractivity contribution in [2.75, 3.05) is 16.8 Å². The monoisotopic (exact) mass is 461 g/mol. The molecule has 0 spiro atoms. The fraction of sp³-hybridized carbons (Fsp3) is 0.200. The molecule has 0 bridgehead atoms. The number of anilines is 2. The molecule has 174 valence electrons. The Kier molecular flexibility index (Phi) is 6.72. The van der Waals surface area contributed by atoms with E-state index < -0.39 is 29.9 Å². The van der Waals surface area contributed by atoms with Gasteiger partial charge in [-0.1, -0.05) is 18.2 Å². The van der Waals surface area contributed by atoms with E-state index in [1.807, 2.05) is 0 Å². The first-order chi connectivity index (χ1) is 16.5. The maximum absolute atomic E-state index is 13.2. The number of rotatable bonds is 8. The molecule has 4 amide bonds. The van der Waals surface area contributed by atoms with Crippen molar-refractivity contribution in [1.29, 1.82) is 0 Å². The minimum Gasteiger partial charge on any atom is -0.467 e. The number of furan rings is 1. The molecule has 1 saturated heterocycles. The van der Waals surface area contributed by atoms with Crippen LogP contribution in [-0.2, 0) is 20.9 Å². The average molecular weight is 461 g/mol. The van der Waals surface area contributed by atoms with E-state index in [2.05, 4.69) is 5.32 Å². The Bertz CT molecular complexity index is 1180. The number of imide groups is 1. The predicted molar refractivity (Wildman–Crippen MR) is 123 cm³/mol. The predicted octanol–water partition coefficient (Wildman–Crippen LogP) is 3.82. The number of hydrogen-bond donors (Lipinski definition) is 1. The average Bonchev–Trinajstić information content (AvgIpc) is 3.43. The summed E-state index contributed by atoms with van der Waals surface area (Å²) in [5, 5.41) is 2.71. The van der Waals surface area contributed by atoms with Gasteiger partial charge in [-0.25, -0.2) is 14.5 Å². The highest BCUT2D eigenvalue weighted by Gasteiger charge is 2.46. The first-order valence-corrected chi connectivity index (χ1v) is 10.8. The lowest BCUT2D eigenvalue weighted by Crippen LogP contribution is -2.37. The fourth-order valence-electron chi connectivity index (χ4n) is 3.69. The zero-order chi connectivity index (χ0) is 24.1. The number of hydrogen-bond acceptors (Lipinski definition) is 6. The topological polar surface area (TPSA) is 109 Å². The minimum absolute atomic E-state index is 0.0487. The Labute approximate surface area is 195 Å².